The first-order chi connectivity index (χ1) is 19.8. The molecule has 0 saturated carbocycles. The van der Waals surface area contributed by atoms with E-state index in [4.69, 9.17) is 23.7 Å². The second kappa shape index (κ2) is 12.8. The van der Waals surface area contributed by atoms with Gasteiger partial charge in [0.15, 0.2) is 40.5 Å². The first-order valence-corrected chi connectivity index (χ1v) is 12.8. The fraction of sp³-hybridized carbons (Fsp3) is 0.179. The van der Waals surface area contributed by atoms with E-state index in [2.05, 4.69) is 10.3 Å². The molecule has 0 atom stereocenters. The molecule has 0 bridgehead atoms. The summed E-state index contributed by atoms with van der Waals surface area (Å²) in [7, 11) is 5.87. The van der Waals surface area contributed by atoms with E-state index < -0.39 is 10.8 Å². The lowest BCUT2D eigenvalue weighted by Crippen LogP contribution is -2.20. The monoisotopic (exact) mass is 579 g/mol. The Morgan fingerprint density at radius 3 is 2.27 bits per heavy atom. The molecule has 4 rings (SSSR count). The molecule has 0 spiro atoms. The number of fused-ring (bicyclic) bond motifs is 1. The van der Waals surface area contributed by atoms with Gasteiger partial charge in [-0.25, -0.2) is 4.98 Å². The molecule has 0 aliphatic rings. The summed E-state index contributed by atoms with van der Waals surface area (Å²) in [4.78, 5) is 40.1. The molecule has 0 unspecified atom stereocenters. The highest BCUT2D eigenvalue weighted by Gasteiger charge is 2.17. The van der Waals surface area contributed by atoms with Crippen molar-refractivity contribution in [3.05, 3.63) is 75.8 Å². The van der Waals surface area contributed by atoms with Gasteiger partial charge in [-0.3, -0.25) is 25.0 Å². The molecule has 0 saturated heterocycles. The maximum absolute atomic E-state index is 12.9. The molecule has 13 heteroatoms. The third kappa shape index (κ3) is 6.70. The maximum atomic E-state index is 12.9. The molecular formula is C28H25N3O9S. The quantitative estimate of drug-likeness (QED) is 0.103. The number of nitrogens with one attached hydrogen (secondary N) is 1. The van der Waals surface area contributed by atoms with Gasteiger partial charge in [0, 0.05) is 17.7 Å². The van der Waals surface area contributed by atoms with Gasteiger partial charge >= 0.3 is 0 Å². The maximum Gasteiger partial charge on any atom is 0.271 e. The van der Waals surface area contributed by atoms with Gasteiger partial charge < -0.3 is 23.7 Å². The highest BCUT2D eigenvalue weighted by molar-refractivity contribution is 7.22. The zero-order valence-electron chi connectivity index (χ0n) is 22.5. The number of hydrogen-bond donors (Lipinski definition) is 1. The van der Waals surface area contributed by atoms with Crippen LogP contribution in [0.15, 0.2) is 54.6 Å². The predicted molar refractivity (Wildman–Crippen MR) is 153 cm³/mol. The van der Waals surface area contributed by atoms with Crippen molar-refractivity contribution in [1.82, 2.24) is 4.98 Å². The van der Waals surface area contributed by atoms with Crippen LogP contribution in [0.25, 0.3) is 16.3 Å². The van der Waals surface area contributed by atoms with Crippen molar-refractivity contribution in [1.29, 1.82) is 0 Å². The van der Waals surface area contributed by atoms with Crippen LogP contribution >= 0.6 is 11.3 Å². The van der Waals surface area contributed by atoms with Crippen LogP contribution in [0.5, 0.6) is 28.7 Å². The highest BCUT2D eigenvalue weighted by Crippen LogP contribution is 2.38. The summed E-state index contributed by atoms with van der Waals surface area (Å²) >= 11 is 1.18. The Morgan fingerprint density at radius 2 is 1.63 bits per heavy atom. The number of rotatable bonds is 12. The van der Waals surface area contributed by atoms with Crippen molar-refractivity contribution in [2.75, 3.05) is 40.4 Å². The van der Waals surface area contributed by atoms with Crippen molar-refractivity contribution in [3.63, 3.8) is 0 Å². The molecule has 1 aromatic heterocycles. The number of aromatic nitrogens is 1. The summed E-state index contributed by atoms with van der Waals surface area (Å²) in [6.07, 6.45) is 2.98. The van der Waals surface area contributed by atoms with E-state index in [1.54, 1.807) is 42.5 Å². The van der Waals surface area contributed by atoms with Gasteiger partial charge in [0.25, 0.3) is 11.6 Å². The number of hydrogen-bond acceptors (Lipinski definition) is 11. The molecule has 12 nitrogen and oxygen atoms in total. The standard InChI is InChI=1S/C28H25N3O9S/c1-36-21-9-6-16(5-8-20(32)17-12-23(37-2)27(39-4)24(13-17)38-3)11-22(21)40-15-26(33)30-28-29-19-14-18(31(34)35)7-10-25(19)41-28/h5-14H,15H2,1-4H3,(H,29,30,33). The van der Waals surface area contributed by atoms with Crippen molar-refractivity contribution >= 4 is 50.1 Å². The third-order valence-electron chi connectivity index (χ3n) is 5.75. The Morgan fingerprint density at radius 1 is 0.927 bits per heavy atom. The minimum Gasteiger partial charge on any atom is -0.493 e. The number of nitro benzene ring substituents is 1. The number of ether oxygens (including phenoxy) is 5. The van der Waals surface area contributed by atoms with E-state index >= 15 is 0 Å². The van der Waals surface area contributed by atoms with Gasteiger partial charge in [-0.15, -0.1) is 0 Å². The highest BCUT2D eigenvalue weighted by atomic mass is 32.1. The molecule has 0 aliphatic carbocycles. The molecule has 3 aromatic carbocycles. The number of nitro groups is 1. The van der Waals surface area contributed by atoms with E-state index in [9.17, 15) is 19.7 Å². The summed E-state index contributed by atoms with van der Waals surface area (Å²) in [5.74, 6) is 0.970. The SMILES string of the molecule is COc1ccc(C=CC(=O)c2cc(OC)c(OC)c(OC)c2)cc1OCC(=O)Nc1nc2cc([N+](=O)[O-])ccc2s1. The normalized spacial score (nSPS) is 10.8. The minimum atomic E-state index is -0.509. The number of allylic oxidation sites excluding steroid dienone is 1. The molecule has 1 N–H and O–H groups in total. The topological polar surface area (TPSA) is 148 Å². The van der Waals surface area contributed by atoms with Gasteiger partial charge in [-0.1, -0.05) is 23.5 Å². The van der Waals surface area contributed by atoms with Crippen LogP contribution in [0, 0.1) is 10.1 Å². The van der Waals surface area contributed by atoms with E-state index in [1.807, 2.05) is 0 Å². The number of thiazole rings is 1. The number of methoxy groups -OCH3 is 4. The van der Waals surface area contributed by atoms with Gasteiger partial charge in [0.2, 0.25) is 5.75 Å². The Labute approximate surface area is 238 Å². The van der Waals surface area contributed by atoms with E-state index in [1.165, 1.54) is 58.0 Å². The molecular weight excluding hydrogens is 554 g/mol. The van der Waals surface area contributed by atoms with Crippen LogP contribution in [0.4, 0.5) is 10.8 Å². The average Bonchev–Trinajstić information content (AvgIpc) is 3.39. The van der Waals surface area contributed by atoms with Crippen molar-refractivity contribution in [2.45, 2.75) is 0 Å². The van der Waals surface area contributed by atoms with E-state index in [-0.39, 0.29) is 29.0 Å². The number of carbonyl (C=O) groups excluding carboxylic acids is 2. The van der Waals surface area contributed by atoms with Gasteiger partial charge in [-0.05, 0) is 42.0 Å². The molecule has 0 fully saturated rings. The molecule has 4 aromatic rings. The molecule has 0 radical (unpaired) electrons. The summed E-state index contributed by atoms with van der Waals surface area (Å²) < 4.78 is 27.6. The number of benzene rings is 3. The Kier molecular flexibility index (Phi) is 8.99. The largest absolute Gasteiger partial charge is 0.493 e. The molecule has 1 amide bonds. The number of ketones is 1. The van der Waals surface area contributed by atoms with Crippen LogP contribution in [0.2, 0.25) is 0 Å². The zero-order valence-corrected chi connectivity index (χ0v) is 23.3. The van der Waals surface area contributed by atoms with Gasteiger partial charge in [0.05, 0.1) is 43.6 Å². The smallest absolute Gasteiger partial charge is 0.271 e. The minimum absolute atomic E-state index is 0.0878. The van der Waals surface area contributed by atoms with Gasteiger partial charge in [0.1, 0.15) is 0 Å². The molecule has 0 aliphatic heterocycles. The van der Waals surface area contributed by atoms with Crippen LogP contribution in [0.3, 0.4) is 0 Å². The fourth-order valence-electron chi connectivity index (χ4n) is 3.78. The van der Waals surface area contributed by atoms with Gasteiger partial charge in [-0.2, -0.15) is 0 Å². The van der Waals surface area contributed by atoms with E-state index in [0.29, 0.717) is 44.3 Å². The first kappa shape index (κ1) is 28.8. The van der Waals surface area contributed by atoms with Crippen LogP contribution in [-0.2, 0) is 4.79 Å². The lowest BCUT2D eigenvalue weighted by molar-refractivity contribution is -0.384. The first-order valence-electron chi connectivity index (χ1n) is 11.9. The number of non-ortho nitro benzene ring substituents is 1. The summed E-state index contributed by atoms with van der Waals surface area (Å²) in [6, 6.07) is 12.4. The number of carbonyl (C=O) groups is 2. The summed E-state index contributed by atoms with van der Waals surface area (Å²) in [5, 5.41) is 13.9. The van der Waals surface area contributed by atoms with Crippen LogP contribution in [-0.4, -0.2) is 56.6 Å². The van der Waals surface area contributed by atoms with Crippen LogP contribution in [0.1, 0.15) is 15.9 Å². The van der Waals surface area contributed by atoms with Crippen molar-refractivity contribution in [3.8, 4) is 28.7 Å². The fourth-order valence-corrected chi connectivity index (χ4v) is 4.65. The lowest BCUT2D eigenvalue weighted by Gasteiger charge is -2.13. The zero-order chi connectivity index (χ0) is 29.5. The summed E-state index contributed by atoms with van der Waals surface area (Å²) in [5.41, 5.74) is 1.27. The second-order valence-corrected chi connectivity index (χ2v) is 9.32. The van der Waals surface area contributed by atoms with Crippen molar-refractivity contribution < 1.29 is 38.2 Å². The lowest BCUT2D eigenvalue weighted by atomic mass is 10.1. The third-order valence-corrected chi connectivity index (χ3v) is 6.70. The Bertz CT molecular complexity index is 1620. The Balaban J connectivity index is 1.44. The number of nitrogens with zero attached hydrogens (tertiary/aromatic N) is 2. The molecule has 1 heterocycles. The number of anilines is 1. The van der Waals surface area contributed by atoms with E-state index in [0.717, 1.165) is 0 Å². The summed E-state index contributed by atoms with van der Waals surface area (Å²) in [6.45, 7) is -0.357. The molecule has 212 valence electrons. The second-order valence-electron chi connectivity index (χ2n) is 8.29. The number of amides is 1. The predicted octanol–water partition coefficient (Wildman–Crippen LogP) is 5.15. The van der Waals surface area contributed by atoms with Crippen molar-refractivity contribution in [2.24, 2.45) is 0 Å². The van der Waals surface area contributed by atoms with Crippen LogP contribution < -0.4 is 29.0 Å². The molecule has 41 heavy (non-hydrogen) atoms. The average molecular weight is 580 g/mol. The Hall–Kier alpha value is -5.17.